The van der Waals surface area contributed by atoms with Crippen molar-refractivity contribution in [2.24, 2.45) is 0 Å². The van der Waals surface area contributed by atoms with E-state index in [1.165, 1.54) is 23.1 Å². The van der Waals surface area contributed by atoms with Crippen LogP contribution >= 0.6 is 23.1 Å². The molecule has 0 radical (unpaired) electrons. The quantitative estimate of drug-likeness (QED) is 0.452. The largest absolute Gasteiger partial charge is 0.385 e. The van der Waals surface area contributed by atoms with Gasteiger partial charge in [0.25, 0.3) is 0 Å². The molecule has 0 aliphatic carbocycles. The second-order valence-electron chi connectivity index (χ2n) is 4.90. The van der Waals surface area contributed by atoms with Crippen molar-refractivity contribution in [3.63, 3.8) is 0 Å². The molecular formula is C14H20N4O2S2. The first-order chi connectivity index (χ1) is 10.5. The van der Waals surface area contributed by atoms with Gasteiger partial charge in [0.05, 0.1) is 5.75 Å². The van der Waals surface area contributed by atoms with Crippen LogP contribution in [-0.4, -0.2) is 40.0 Å². The van der Waals surface area contributed by atoms with E-state index in [4.69, 9.17) is 10.5 Å². The molecule has 2 aromatic heterocycles. The van der Waals surface area contributed by atoms with Crippen LogP contribution in [0.25, 0.3) is 0 Å². The van der Waals surface area contributed by atoms with E-state index in [2.05, 4.69) is 14.8 Å². The molecule has 0 bridgehead atoms. The number of anilines is 1. The lowest BCUT2D eigenvalue weighted by Gasteiger charge is -2.09. The van der Waals surface area contributed by atoms with Gasteiger partial charge in [-0.1, -0.05) is 23.1 Å². The lowest BCUT2D eigenvalue weighted by atomic mass is 10.2. The minimum absolute atomic E-state index is 0.102. The van der Waals surface area contributed by atoms with Gasteiger partial charge < -0.3 is 15.0 Å². The topological polar surface area (TPSA) is 83.0 Å². The molecule has 22 heavy (non-hydrogen) atoms. The van der Waals surface area contributed by atoms with E-state index in [0.29, 0.717) is 17.5 Å². The van der Waals surface area contributed by atoms with E-state index in [-0.39, 0.29) is 5.78 Å². The average Bonchev–Trinajstić information content (AvgIpc) is 3.02. The molecule has 2 rings (SSSR count). The molecule has 0 saturated heterocycles. The number of carbonyl (C=O) groups is 1. The second-order valence-corrected chi connectivity index (χ2v) is 7.13. The van der Waals surface area contributed by atoms with E-state index in [9.17, 15) is 4.79 Å². The Morgan fingerprint density at radius 2 is 2.23 bits per heavy atom. The van der Waals surface area contributed by atoms with Gasteiger partial charge in [-0.25, -0.2) is 0 Å². The Kier molecular flexibility index (Phi) is 5.98. The van der Waals surface area contributed by atoms with Gasteiger partial charge in [0.1, 0.15) is 0 Å². The summed E-state index contributed by atoms with van der Waals surface area (Å²) in [6.07, 6.45) is 0.930. The first-order valence-electron chi connectivity index (χ1n) is 6.93. The van der Waals surface area contributed by atoms with Crippen LogP contribution < -0.4 is 5.73 Å². The molecule has 0 aromatic carbocycles. The van der Waals surface area contributed by atoms with Gasteiger partial charge in [0, 0.05) is 37.2 Å². The zero-order chi connectivity index (χ0) is 16.1. The van der Waals surface area contributed by atoms with E-state index in [1.807, 2.05) is 19.9 Å². The summed E-state index contributed by atoms with van der Waals surface area (Å²) in [6, 6.07) is 1.96. The monoisotopic (exact) mass is 340 g/mol. The first kappa shape index (κ1) is 17.0. The molecule has 0 amide bonds. The van der Waals surface area contributed by atoms with Crippen molar-refractivity contribution in [1.82, 2.24) is 14.8 Å². The van der Waals surface area contributed by atoms with Gasteiger partial charge in [-0.15, -0.1) is 10.2 Å². The summed E-state index contributed by atoms with van der Waals surface area (Å²) in [7, 11) is 1.70. The molecule has 0 aliphatic heterocycles. The number of hydrogen-bond donors (Lipinski definition) is 1. The Bertz CT molecular complexity index is 651. The molecule has 8 heteroatoms. The van der Waals surface area contributed by atoms with Gasteiger partial charge in [-0.3, -0.25) is 4.79 Å². The molecule has 0 fully saturated rings. The van der Waals surface area contributed by atoms with Crippen molar-refractivity contribution in [1.29, 1.82) is 0 Å². The molecular weight excluding hydrogens is 320 g/mol. The van der Waals surface area contributed by atoms with E-state index in [0.717, 1.165) is 34.3 Å². The summed E-state index contributed by atoms with van der Waals surface area (Å²) >= 11 is 2.67. The number of nitrogens with two attached hydrogens (primary N) is 1. The number of Topliss-reactive ketones (excluding diaryl/α,β-unsaturated/α-hetero) is 1. The van der Waals surface area contributed by atoms with E-state index >= 15 is 0 Å². The summed E-state index contributed by atoms with van der Waals surface area (Å²) in [4.78, 5) is 12.4. The van der Waals surface area contributed by atoms with Crippen molar-refractivity contribution in [2.75, 3.05) is 25.2 Å². The number of carbonyl (C=O) groups excluding carboxylic acids is 1. The predicted molar refractivity (Wildman–Crippen MR) is 89.8 cm³/mol. The fourth-order valence-electron chi connectivity index (χ4n) is 2.28. The third kappa shape index (κ3) is 4.08. The Labute approximate surface area is 138 Å². The SMILES string of the molecule is COCCCn1c(C)cc(C(=O)CSc2nnc(N)s2)c1C. The van der Waals surface area contributed by atoms with Crippen LogP contribution in [0.3, 0.4) is 0 Å². The van der Waals surface area contributed by atoms with Crippen LogP contribution in [0.4, 0.5) is 5.13 Å². The molecule has 0 aliphatic rings. The maximum atomic E-state index is 12.4. The molecule has 6 nitrogen and oxygen atoms in total. The standard InChI is InChI=1S/C14H20N4O2S2/c1-9-7-11(10(2)18(9)5-4-6-20-3)12(19)8-21-14-17-16-13(15)22-14/h7H,4-6,8H2,1-3H3,(H2,15,16). The lowest BCUT2D eigenvalue weighted by molar-refractivity contribution is 0.102. The van der Waals surface area contributed by atoms with Crippen LogP contribution in [0, 0.1) is 13.8 Å². The number of methoxy groups -OCH3 is 1. The third-order valence-corrected chi connectivity index (χ3v) is 5.24. The highest BCUT2D eigenvalue weighted by Crippen LogP contribution is 2.25. The maximum absolute atomic E-state index is 12.4. The highest BCUT2D eigenvalue weighted by molar-refractivity contribution is 8.01. The number of nitrogens with zero attached hydrogens (tertiary/aromatic N) is 3. The Morgan fingerprint density at radius 1 is 1.45 bits per heavy atom. The Balaban J connectivity index is 2.01. The van der Waals surface area contributed by atoms with Crippen LogP contribution in [0.1, 0.15) is 28.2 Å². The first-order valence-corrected chi connectivity index (χ1v) is 8.73. The van der Waals surface area contributed by atoms with Gasteiger partial charge in [-0.05, 0) is 26.3 Å². The molecule has 0 unspecified atom stereocenters. The van der Waals surface area contributed by atoms with Crippen molar-refractivity contribution in [2.45, 2.75) is 31.2 Å². The maximum Gasteiger partial charge on any atom is 0.203 e. The Morgan fingerprint density at radius 3 is 2.86 bits per heavy atom. The molecule has 120 valence electrons. The summed E-state index contributed by atoms with van der Waals surface area (Å²) < 4.78 is 7.97. The van der Waals surface area contributed by atoms with Gasteiger partial charge in [0.15, 0.2) is 10.1 Å². The molecule has 2 N–H and O–H groups in total. The summed E-state index contributed by atoms with van der Waals surface area (Å²) in [5.41, 5.74) is 8.42. The fraction of sp³-hybridized carbons (Fsp3) is 0.500. The number of rotatable bonds is 8. The third-order valence-electron chi connectivity index (χ3n) is 3.35. The average molecular weight is 340 g/mol. The van der Waals surface area contributed by atoms with E-state index < -0.39 is 0 Å². The minimum atomic E-state index is 0.102. The van der Waals surface area contributed by atoms with E-state index in [1.54, 1.807) is 7.11 Å². The zero-order valence-electron chi connectivity index (χ0n) is 13.0. The van der Waals surface area contributed by atoms with Crippen molar-refractivity contribution in [3.8, 4) is 0 Å². The fourth-order valence-corrected chi connectivity index (χ4v) is 3.80. The molecule has 0 saturated carbocycles. The predicted octanol–water partition coefficient (Wildman–Crippen LogP) is 2.55. The van der Waals surface area contributed by atoms with Crippen LogP contribution in [0.2, 0.25) is 0 Å². The lowest BCUT2D eigenvalue weighted by Crippen LogP contribution is -2.08. The van der Waals surface area contributed by atoms with Crippen LogP contribution in [-0.2, 0) is 11.3 Å². The van der Waals surface area contributed by atoms with Crippen molar-refractivity contribution >= 4 is 34.0 Å². The molecule has 2 heterocycles. The number of aromatic nitrogens is 3. The smallest absolute Gasteiger partial charge is 0.203 e. The minimum Gasteiger partial charge on any atom is -0.385 e. The molecule has 2 aromatic rings. The number of aryl methyl sites for hydroxylation is 1. The zero-order valence-corrected chi connectivity index (χ0v) is 14.6. The van der Waals surface area contributed by atoms with Crippen LogP contribution in [0.15, 0.2) is 10.4 Å². The number of nitrogen functional groups attached to an aromatic ring is 1. The Hall–Kier alpha value is -1.38. The number of hydrogen-bond acceptors (Lipinski definition) is 7. The molecule has 0 spiro atoms. The highest BCUT2D eigenvalue weighted by atomic mass is 32.2. The van der Waals surface area contributed by atoms with Gasteiger partial charge in [0.2, 0.25) is 5.13 Å². The highest BCUT2D eigenvalue weighted by Gasteiger charge is 2.16. The number of ether oxygens (including phenoxy) is 1. The second kappa shape index (κ2) is 7.75. The van der Waals surface area contributed by atoms with Crippen LogP contribution in [0.5, 0.6) is 0 Å². The van der Waals surface area contributed by atoms with Crippen molar-refractivity contribution in [3.05, 3.63) is 23.0 Å². The number of thioether (sulfide) groups is 1. The summed E-state index contributed by atoms with van der Waals surface area (Å²) in [5.74, 6) is 0.446. The number of ketones is 1. The van der Waals surface area contributed by atoms with Crippen molar-refractivity contribution < 1.29 is 9.53 Å². The molecule has 0 atom stereocenters. The normalized spacial score (nSPS) is 11.0. The van der Waals surface area contributed by atoms with Gasteiger partial charge >= 0.3 is 0 Å². The summed E-state index contributed by atoms with van der Waals surface area (Å²) in [5, 5.41) is 8.08. The van der Waals surface area contributed by atoms with Gasteiger partial charge in [-0.2, -0.15) is 0 Å². The summed E-state index contributed by atoms with van der Waals surface area (Å²) in [6.45, 7) is 5.59.